The first-order valence-electron chi connectivity index (χ1n) is 7.31. The highest BCUT2D eigenvalue weighted by Crippen LogP contribution is 2.23. The second-order valence-corrected chi connectivity index (χ2v) is 6.92. The Kier molecular flexibility index (Phi) is 7.29. The number of nitrogens with one attached hydrogen (secondary N) is 1. The van der Waals surface area contributed by atoms with E-state index in [0.29, 0.717) is 6.41 Å². The summed E-state index contributed by atoms with van der Waals surface area (Å²) in [6.07, 6.45) is 2.09. The van der Waals surface area contributed by atoms with Crippen LogP contribution in [0, 0.1) is 11.3 Å². The monoisotopic (exact) mass is 312 g/mol. The number of hydrogen-bond acceptors (Lipinski definition) is 3. The zero-order chi connectivity index (χ0) is 17.7. The van der Waals surface area contributed by atoms with Gasteiger partial charge in [-0.1, -0.05) is 40.7 Å². The van der Waals surface area contributed by atoms with E-state index in [1.54, 1.807) is 13.1 Å². The molecule has 0 rings (SSSR count). The van der Waals surface area contributed by atoms with Gasteiger partial charge in [-0.05, 0) is 18.3 Å². The maximum atomic E-state index is 12.7. The van der Waals surface area contributed by atoms with Crippen molar-refractivity contribution in [3.05, 3.63) is 11.6 Å². The number of carbonyl (C=O) groups is 3. The van der Waals surface area contributed by atoms with Crippen molar-refractivity contribution >= 4 is 18.3 Å². The second-order valence-electron chi connectivity index (χ2n) is 6.92. The summed E-state index contributed by atoms with van der Waals surface area (Å²) in [6, 6.07) is -1.03. The molecule has 6 heteroatoms. The standard InChI is InChI=1S/C16H28N2O4/c1-10(2)12(8-11(3)15(21)22)18(7)14(20)13(17-9-19)16(4,5)6/h8-10,12-13H,1-7H3,(H,17,19)(H,21,22)/t12-,13+/m1/s1. The zero-order valence-corrected chi connectivity index (χ0v) is 14.5. The molecular weight excluding hydrogens is 284 g/mol. The van der Waals surface area contributed by atoms with Crippen LogP contribution in [0.25, 0.3) is 0 Å². The molecule has 22 heavy (non-hydrogen) atoms. The third-order valence-electron chi connectivity index (χ3n) is 3.58. The fourth-order valence-electron chi connectivity index (χ4n) is 2.19. The first kappa shape index (κ1) is 20.1. The van der Waals surface area contributed by atoms with E-state index in [1.807, 2.05) is 34.6 Å². The van der Waals surface area contributed by atoms with E-state index in [-0.39, 0.29) is 23.4 Å². The number of hydrogen-bond donors (Lipinski definition) is 2. The van der Waals surface area contributed by atoms with E-state index in [9.17, 15) is 14.4 Å². The van der Waals surface area contributed by atoms with Gasteiger partial charge in [0.05, 0.1) is 6.04 Å². The van der Waals surface area contributed by atoms with E-state index < -0.39 is 17.4 Å². The van der Waals surface area contributed by atoms with Crippen LogP contribution in [0.15, 0.2) is 11.6 Å². The predicted molar refractivity (Wildman–Crippen MR) is 85.2 cm³/mol. The quantitative estimate of drug-likeness (QED) is 0.553. The number of rotatable bonds is 7. The van der Waals surface area contributed by atoms with E-state index in [2.05, 4.69) is 5.32 Å². The fraction of sp³-hybridized carbons (Fsp3) is 0.688. The lowest BCUT2D eigenvalue weighted by Crippen LogP contribution is -2.54. The molecule has 0 fully saturated rings. The number of aliphatic carboxylic acids is 1. The molecule has 0 aromatic rings. The van der Waals surface area contributed by atoms with Crippen LogP contribution in [-0.2, 0) is 14.4 Å². The Morgan fingerprint density at radius 3 is 2.05 bits per heavy atom. The van der Waals surface area contributed by atoms with E-state index >= 15 is 0 Å². The maximum Gasteiger partial charge on any atom is 0.331 e. The number of carboxylic acid groups (broad SMARTS) is 1. The molecule has 6 nitrogen and oxygen atoms in total. The molecule has 126 valence electrons. The molecular formula is C16H28N2O4. The van der Waals surface area contributed by atoms with Crippen molar-refractivity contribution in [3.63, 3.8) is 0 Å². The first-order chi connectivity index (χ1) is 9.93. The van der Waals surface area contributed by atoms with E-state index in [1.165, 1.54) is 11.8 Å². The van der Waals surface area contributed by atoms with Gasteiger partial charge in [0, 0.05) is 12.6 Å². The minimum atomic E-state index is -1.01. The average Bonchev–Trinajstić information content (AvgIpc) is 2.38. The maximum absolute atomic E-state index is 12.7. The van der Waals surface area contributed by atoms with Crippen molar-refractivity contribution in [3.8, 4) is 0 Å². The molecule has 0 bridgehead atoms. The molecule has 0 spiro atoms. The Labute approximate surface area is 132 Å². The number of carboxylic acids is 1. The molecule has 0 aromatic carbocycles. The molecule has 0 radical (unpaired) electrons. The Hall–Kier alpha value is -1.85. The van der Waals surface area contributed by atoms with Crippen molar-refractivity contribution in [1.29, 1.82) is 0 Å². The number of nitrogens with zero attached hydrogens (tertiary/aromatic N) is 1. The third-order valence-corrected chi connectivity index (χ3v) is 3.58. The highest BCUT2D eigenvalue weighted by molar-refractivity contribution is 5.87. The summed E-state index contributed by atoms with van der Waals surface area (Å²) >= 11 is 0. The SMILES string of the molecule is CC(=C[C@H](C(C)C)N(C)C(=O)[C@H](NC=O)C(C)(C)C)C(=O)O. The van der Waals surface area contributed by atoms with E-state index in [0.717, 1.165) is 0 Å². The van der Waals surface area contributed by atoms with Gasteiger partial charge in [0.1, 0.15) is 6.04 Å². The van der Waals surface area contributed by atoms with Gasteiger partial charge in [-0.2, -0.15) is 0 Å². The molecule has 2 N–H and O–H groups in total. The van der Waals surface area contributed by atoms with Crippen molar-refractivity contribution in [2.45, 2.75) is 53.6 Å². The number of likely N-dealkylation sites (N-methyl/N-ethyl adjacent to an activating group) is 1. The van der Waals surface area contributed by atoms with Crippen molar-refractivity contribution in [1.82, 2.24) is 10.2 Å². The molecule has 0 aliphatic heterocycles. The second kappa shape index (κ2) is 7.96. The lowest BCUT2D eigenvalue weighted by atomic mass is 9.85. The summed E-state index contributed by atoms with van der Waals surface area (Å²) in [5.41, 5.74) is -0.256. The molecule has 0 heterocycles. The van der Waals surface area contributed by atoms with Crippen LogP contribution < -0.4 is 5.32 Å². The molecule has 0 unspecified atom stereocenters. The minimum Gasteiger partial charge on any atom is -0.478 e. The smallest absolute Gasteiger partial charge is 0.331 e. The summed E-state index contributed by atoms with van der Waals surface area (Å²) in [4.78, 5) is 36.0. The molecule has 0 aliphatic carbocycles. The van der Waals surface area contributed by atoms with Crippen LogP contribution >= 0.6 is 0 Å². The molecule has 2 atom stereocenters. The van der Waals surface area contributed by atoms with Crippen LogP contribution in [0.1, 0.15) is 41.5 Å². The van der Waals surface area contributed by atoms with Crippen LogP contribution in [0.4, 0.5) is 0 Å². The van der Waals surface area contributed by atoms with Crippen LogP contribution in [-0.4, -0.2) is 47.4 Å². The summed E-state index contributed by atoms with van der Waals surface area (Å²) in [5, 5.41) is 11.6. The molecule has 0 aromatic heterocycles. The highest BCUT2D eigenvalue weighted by atomic mass is 16.4. The number of amides is 2. The average molecular weight is 312 g/mol. The summed E-state index contributed by atoms with van der Waals surface area (Å²) in [7, 11) is 1.63. The molecule has 0 aliphatic rings. The minimum absolute atomic E-state index is 0.0418. The Morgan fingerprint density at radius 1 is 1.23 bits per heavy atom. The topological polar surface area (TPSA) is 86.7 Å². The Balaban J connectivity index is 5.51. The van der Waals surface area contributed by atoms with Gasteiger partial charge >= 0.3 is 5.97 Å². The van der Waals surface area contributed by atoms with Crippen molar-refractivity contribution in [2.75, 3.05) is 7.05 Å². The van der Waals surface area contributed by atoms with Gasteiger partial charge in [-0.3, -0.25) is 9.59 Å². The van der Waals surface area contributed by atoms with E-state index in [4.69, 9.17) is 5.11 Å². The molecule has 0 saturated heterocycles. The summed E-state index contributed by atoms with van der Waals surface area (Å²) < 4.78 is 0. The van der Waals surface area contributed by atoms with Crippen LogP contribution in [0.5, 0.6) is 0 Å². The third kappa shape index (κ3) is 5.50. The fourth-order valence-corrected chi connectivity index (χ4v) is 2.19. The van der Waals surface area contributed by atoms with Gasteiger partial charge in [0.15, 0.2) is 0 Å². The predicted octanol–water partition coefficient (Wildman–Crippen LogP) is 1.66. The lowest BCUT2D eigenvalue weighted by Gasteiger charge is -2.36. The summed E-state index contributed by atoms with van der Waals surface area (Å²) in [5.74, 6) is -1.21. The largest absolute Gasteiger partial charge is 0.478 e. The normalized spacial score (nSPS) is 15.2. The first-order valence-corrected chi connectivity index (χ1v) is 7.31. The van der Waals surface area contributed by atoms with Gasteiger partial charge in [-0.25, -0.2) is 4.79 Å². The molecule has 2 amide bonds. The Morgan fingerprint density at radius 2 is 1.73 bits per heavy atom. The van der Waals surface area contributed by atoms with Gasteiger partial charge < -0.3 is 15.3 Å². The Bertz CT molecular complexity index is 450. The van der Waals surface area contributed by atoms with Crippen LogP contribution in [0.3, 0.4) is 0 Å². The molecule has 0 saturated carbocycles. The summed E-state index contributed by atoms with van der Waals surface area (Å²) in [6.45, 7) is 10.9. The van der Waals surface area contributed by atoms with Gasteiger partial charge in [0.2, 0.25) is 12.3 Å². The van der Waals surface area contributed by atoms with Crippen molar-refractivity contribution in [2.24, 2.45) is 11.3 Å². The zero-order valence-electron chi connectivity index (χ0n) is 14.5. The van der Waals surface area contributed by atoms with Gasteiger partial charge in [0.25, 0.3) is 0 Å². The lowest BCUT2D eigenvalue weighted by molar-refractivity contribution is -0.138. The highest BCUT2D eigenvalue weighted by Gasteiger charge is 2.35. The van der Waals surface area contributed by atoms with Crippen LogP contribution in [0.2, 0.25) is 0 Å². The van der Waals surface area contributed by atoms with Crippen molar-refractivity contribution < 1.29 is 19.5 Å². The number of carbonyl (C=O) groups excluding carboxylic acids is 2. The van der Waals surface area contributed by atoms with Gasteiger partial charge in [-0.15, -0.1) is 0 Å².